The molecule has 2 heterocycles. The van der Waals surface area contributed by atoms with Gasteiger partial charge in [0.2, 0.25) is 11.8 Å². The van der Waals surface area contributed by atoms with Crippen molar-refractivity contribution < 1.29 is 14.4 Å². The Hall–Kier alpha value is -2.74. The van der Waals surface area contributed by atoms with Crippen molar-refractivity contribution in [2.24, 2.45) is 0 Å². The highest BCUT2D eigenvalue weighted by Gasteiger charge is 2.27. The van der Waals surface area contributed by atoms with E-state index in [4.69, 9.17) is 0 Å². The summed E-state index contributed by atoms with van der Waals surface area (Å²) < 4.78 is 0. The normalized spacial score (nSPS) is 13.8. The van der Waals surface area contributed by atoms with E-state index in [1.807, 2.05) is 35.7 Å². The van der Waals surface area contributed by atoms with E-state index in [1.54, 1.807) is 0 Å². The number of carbonyl (C=O) groups excluding carboxylic acids is 3. The summed E-state index contributed by atoms with van der Waals surface area (Å²) in [4.78, 5) is 40.4. The lowest BCUT2D eigenvalue weighted by Crippen LogP contribution is -2.39. The highest BCUT2D eigenvalue weighted by molar-refractivity contribution is 7.09. The lowest BCUT2D eigenvalue weighted by atomic mass is 10.2. The molecular weight excluding hydrogens is 340 g/mol. The summed E-state index contributed by atoms with van der Waals surface area (Å²) in [5, 5.41) is 8.00. The molecule has 1 aromatic carbocycles. The van der Waals surface area contributed by atoms with Gasteiger partial charge in [0.15, 0.2) is 0 Å². The van der Waals surface area contributed by atoms with Crippen LogP contribution in [0.2, 0.25) is 0 Å². The zero-order chi connectivity index (χ0) is 17.6. The van der Waals surface area contributed by atoms with E-state index in [-0.39, 0.29) is 37.9 Å². The van der Waals surface area contributed by atoms with Gasteiger partial charge < -0.3 is 10.6 Å². The Morgan fingerprint density at radius 3 is 2.80 bits per heavy atom. The number of carbonyl (C=O) groups is 3. The van der Waals surface area contributed by atoms with Gasteiger partial charge in [-0.25, -0.2) is 9.78 Å². The molecule has 130 valence electrons. The van der Waals surface area contributed by atoms with Crippen molar-refractivity contribution in [2.45, 2.75) is 12.8 Å². The van der Waals surface area contributed by atoms with Crippen LogP contribution in [0.1, 0.15) is 16.3 Å². The molecule has 1 aliphatic heterocycles. The van der Waals surface area contributed by atoms with Gasteiger partial charge >= 0.3 is 6.03 Å². The van der Waals surface area contributed by atoms with Gasteiger partial charge in [0.05, 0.1) is 23.7 Å². The minimum Gasteiger partial charge on any atom is -0.354 e. The van der Waals surface area contributed by atoms with Crippen molar-refractivity contribution in [3.63, 3.8) is 0 Å². The van der Waals surface area contributed by atoms with E-state index in [0.29, 0.717) is 0 Å². The molecule has 25 heavy (non-hydrogen) atoms. The molecule has 0 unspecified atom stereocenters. The van der Waals surface area contributed by atoms with Crippen molar-refractivity contribution in [3.8, 4) is 0 Å². The van der Waals surface area contributed by atoms with Gasteiger partial charge in [-0.05, 0) is 5.56 Å². The van der Waals surface area contributed by atoms with Gasteiger partial charge in [0.1, 0.15) is 0 Å². The predicted octanol–water partition coefficient (Wildman–Crippen LogP) is 0.944. The molecule has 0 aliphatic carbocycles. The first-order valence-corrected chi connectivity index (χ1v) is 8.82. The molecule has 0 saturated carbocycles. The van der Waals surface area contributed by atoms with E-state index in [0.717, 1.165) is 22.0 Å². The molecule has 1 aliphatic rings. The fourth-order valence-electron chi connectivity index (χ4n) is 2.50. The zero-order valence-electron chi connectivity index (χ0n) is 13.5. The smallest absolute Gasteiger partial charge is 0.324 e. The van der Waals surface area contributed by atoms with Crippen LogP contribution >= 0.6 is 11.3 Å². The van der Waals surface area contributed by atoms with Crippen LogP contribution in [-0.4, -0.2) is 47.4 Å². The largest absolute Gasteiger partial charge is 0.354 e. The summed E-state index contributed by atoms with van der Waals surface area (Å²) in [6.07, 6.45) is 0.935. The number of rotatable bonds is 7. The van der Waals surface area contributed by atoms with Crippen LogP contribution < -0.4 is 10.6 Å². The number of thiazole rings is 1. The van der Waals surface area contributed by atoms with Crippen molar-refractivity contribution >= 4 is 29.2 Å². The molecule has 4 amide bonds. The van der Waals surface area contributed by atoms with Crippen LogP contribution in [0, 0.1) is 0 Å². The van der Waals surface area contributed by atoms with Crippen LogP contribution in [0.4, 0.5) is 4.79 Å². The molecule has 8 heteroatoms. The van der Waals surface area contributed by atoms with Gasteiger partial charge in [-0.3, -0.25) is 14.5 Å². The second-order valence-corrected chi connectivity index (χ2v) is 6.57. The molecule has 0 atom stereocenters. The number of benzene rings is 1. The van der Waals surface area contributed by atoms with Gasteiger partial charge in [-0.15, -0.1) is 11.3 Å². The Morgan fingerprint density at radius 1 is 1.28 bits per heavy atom. The van der Waals surface area contributed by atoms with Gasteiger partial charge in [0, 0.05) is 24.9 Å². The first-order chi connectivity index (χ1) is 12.1. The third-order valence-electron chi connectivity index (χ3n) is 3.73. The van der Waals surface area contributed by atoms with Crippen LogP contribution in [0.3, 0.4) is 0 Å². The van der Waals surface area contributed by atoms with Crippen LogP contribution in [-0.2, 0) is 22.4 Å². The quantitative estimate of drug-likeness (QED) is 0.721. The van der Waals surface area contributed by atoms with Gasteiger partial charge in [0.25, 0.3) is 0 Å². The van der Waals surface area contributed by atoms with Gasteiger partial charge in [-0.2, -0.15) is 0 Å². The molecule has 3 rings (SSSR count). The average molecular weight is 358 g/mol. The minimum atomic E-state index is -0.413. The maximum absolute atomic E-state index is 12.0. The third-order valence-corrected chi connectivity index (χ3v) is 4.63. The van der Waals surface area contributed by atoms with E-state index >= 15 is 0 Å². The molecule has 0 bridgehead atoms. The van der Waals surface area contributed by atoms with Crippen molar-refractivity contribution in [2.75, 3.05) is 19.6 Å². The van der Waals surface area contributed by atoms with Crippen LogP contribution in [0.25, 0.3) is 0 Å². The summed E-state index contributed by atoms with van der Waals surface area (Å²) in [7, 11) is 0. The highest BCUT2D eigenvalue weighted by atomic mass is 32.1. The van der Waals surface area contributed by atoms with Gasteiger partial charge in [-0.1, -0.05) is 30.3 Å². The molecule has 1 fully saturated rings. The van der Waals surface area contributed by atoms with Crippen LogP contribution in [0.5, 0.6) is 0 Å². The highest BCUT2D eigenvalue weighted by Crippen LogP contribution is 2.15. The maximum atomic E-state index is 12.0. The first kappa shape index (κ1) is 17.1. The second-order valence-electron chi connectivity index (χ2n) is 5.63. The lowest BCUT2D eigenvalue weighted by Gasteiger charge is -2.12. The topological polar surface area (TPSA) is 91.4 Å². The van der Waals surface area contributed by atoms with E-state index < -0.39 is 6.03 Å². The summed E-state index contributed by atoms with van der Waals surface area (Å²) in [5.74, 6) is -0.451. The molecule has 0 radical (unpaired) electrons. The molecule has 2 aromatic rings. The molecule has 1 aromatic heterocycles. The molecule has 0 spiro atoms. The lowest BCUT2D eigenvalue weighted by molar-refractivity contribution is -0.125. The summed E-state index contributed by atoms with van der Waals surface area (Å²) in [6, 6.07) is 9.63. The number of aromatic nitrogens is 1. The summed E-state index contributed by atoms with van der Waals surface area (Å²) >= 11 is 1.53. The number of amides is 4. The Balaban J connectivity index is 1.44. The molecule has 7 nitrogen and oxygen atoms in total. The number of imide groups is 1. The monoisotopic (exact) mass is 358 g/mol. The van der Waals surface area contributed by atoms with Crippen LogP contribution in [0.15, 0.2) is 35.7 Å². The van der Waals surface area contributed by atoms with E-state index in [2.05, 4.69) is 15.6 Å². The van der Waals surface area contributed by atoms with E-state index in [9.17, 15) is 14.4 Å². The Kier molecular flexibility index (Phi) is 5.39. The van der Waals surface area contributed by atoms with Crippen molar-refractivity contribution in [1.82, 2.24) is 20.5 Å². The second kappa shape index (κ2) is 7.89. The number of nitrogens with one attached hydrogen (secondary N) is 2. The number of hydrogen-bond donors (Lipinski definition) is 2. The molecular formula is C17H18N4O3S. The fraction of sp³-hybridized carbons (Fsp3) is 0.294. The summed E-state index contributed by atoms with van der Waals surface area (Å²) in [6.45, 7) is 0.432. The molecule has 1 saturated heterocycles. The first-order valence-electron chi connectivity index (χ1n) is 7.94. The Morgan fingerprint density at radius 2 is 2.08 bits per heavy atom. The predicted molar refractivity (Wildman–Crippen MR) is 93.2 cm³/mol. The average Bonchev–Trinajstić information content (AvgIpc) is 3.16. The Labute approximate surface area is 149 Å². The standard InChI is InChI=1S/C17H18N4O3S/c22-14(18-6-7-21-16(23)10-19-17(21)24)9-13-11-25-15(20-13)8-12-4-2-1-3-5-12/h1-5,11H,6-10H2,(H,18,22)(H,19,24). The zero-order valence-corrected chi connectivity index (χ0v) is 14.3. The number of urea groups is 1. The number of hydrogen-bond acceptors (Lipinski definition) is 5. The SMILES string of the molecule is O=C(Cc1csc(Cc2ccccc2)n1)NCCN1C(=O)CNC1=O. The summed E-state index contributed by atoms with van der Waals surface area (Å²) in [5.41, 5.74) is 1.91. The van der Waals surface area contributed by atoms with Crippen molar-refractivity contribution in [3.05, 3.63) is 52.0 Å². The maximum Gasteiger partial charge on any atom is 0.324 e. The fourth-order valence-corrected chi connectivity index (χ4v) is 3.33. The third kappa shape index (κ3) is 4.63. The minimum absolute atomic E-state index is 0.0236. The number of nitrogens with zero attached hydrogens (tertiary/aromatic N) is 2. The van der Waals surface area contributed by atoms with E-state index in [1.165, 1.54) is 16.9 Å². The molecule has 2 N–H and O–H groups in total. The van der Waals surface area contributed by atoms with Crippen molar-refractivity contribution in [1.29, 1.82) is 0 Å². The Bertz CT molecular complexity index is 759.